The Labute approximate surface area is 253 Å². The third kappa shape index (κ3) is 5.29. The summed E-state index contributed by atoms with van der Waals surface area (Å²) in [6, 6.07) is 10.9. The molecule has 0 unspecified atom stereocenters. The summed E-state index contributed by atoms with van der Waals surface area (Å²) in [5.41, 5.74) is 3.52. The highest BCUT2D eigenvalue weighted by Crippen LogP contribution is 2.44. The van der Waals surface area contributed by atoms with Crippen LogP contribution in [0.3, 0.4) is 0 Å². The highest BCUT2D eigenvalue weighted by molar-refractivity contribution is 9.10. The van der Waals surface area contributed by atoms with E-state index in [1.165, 1.54) is 0 Å². The normalized spacial score (nSPS) is 25.3. The van der Waals surface area contributed by atoms with Gasteiger partial charge in [-0.05, 0) is 48.6 Å². The van der Waals surface area contributed by atoms with E-state index in [0.29, 0.717) is 63.2 Å². The molecule has 3 heterocycles. The first kappa shape index (κ1) is 28.7. The number of carbonyl (C=O) groups excluding carboxylic acids is 3. The van der Waals surface area contributed by atoms with Gasteiger partial charge in [-0.15, -0.1) is 0 Å². The smallest absolute Gasteiger partial charge is 0.307 e. The molecule has 0 bridgehead atoms. The molecule has 0 aromatic heterocycles. The van der Waals surface area contributed by atoms with E-state index in [1.54, 1.807) is 16.7 Å². The van der Waals surface area contributed by atoms with E-state index in [-0.39, 0.29) is 30.4 Å². The van der Waals surface area contributed by atoms with Crippen LogP contribution in [0.15, 0.2) is 40.9 Å². The predicted octanol–water partition coefficient (Wildman–Crippen LogP) is 4.42. The summed E-state index contributed by atoms with van der Waals surface area (Å²) in [4.78, 5) is 57.3. The number of amides is 3. The molecule has 4 aliphatic rings. The van der Waals surface area contributed by atoms with E-state index in [1.807, 2.05) is 41.3 Å². The molecule has 222 valence electrons. The van der Waals surface area contributed by atoms with Gasteiger partial charge in [0.25, 0.3) is 5.91 Å². The number of fused-ring (bicyclic) bond motifs is 2. The largest absolute Gasteiger partial charge is 0.488 e. The Morgan fingerprint density at radius 3 is 2.50 bits per heavy atom. The number of benzene rings is 2. The molecule has 0 radical (unpaired) electrons. The fourth-order valence-corrected chi connectivity index (χ4v) is 7.78. The molecule has 42 heavy (non-hydrogen) atoms. The molecule has 2 aromatic rings. The molecule has 3 aliphatic heterocycles. The molecular weight excluding hydrogens is 602 g/mol. The lowest BCUT2D eigenvalue weighted by atomic mass is 9.77. The Morgan fingerprint density at radius 2 is 1.79 bits per heavy atom. The number of halogens is 1. The monoisotopic (exact) mass is 637 g/mol. The summed E-state index contributed by atoms with van der Waals surface area (Å²) in [5.74, 6) is -1.79. The van der Waals surface area contributed by atoms with E-state index in [4.69, 9.17) is 4.74 Å². The van der Waals surface area contributed by atoms with Crippen molar-refractivity contribution in [3.8, 4) is 5.75 Å². The lowest BCUT2D eigenvalue weighted by Crippen LogP contribution is -2.50. The zero-order chi connectivity index (χ0) is 29.5. The number of carboxylic acid groups (broad SMARTS) is 1. The summed E-state index contributed by atoms with van der Waals surface area (Å²) in [7, 11) is 0. The van der Waals surface area contributed by atoms with Crippen LogP contribution < -0.4 is 4.74 Å². The van der Waals surface area contributed by atoms with Crippen LogP contribution in [0, 0.1) is 11.8 Å². The van der Waals surface area contributed by atoms with Crippen molar-refractivity contribution in [2.75, 3.05) is 26.2 Å². The molecule has 4 atom stereocenters. The number of rotatable bonds is 6. The molecule has 6 rings (SSSR count). The fourth-order valence-electron chi connectivity index (χ4n) is 7.23. The summed E-state index contributed by atoms with van der Waals surface area (Å²) < 4.78 is 7.49. The maximum absolute atomic E-state index is 14.3. The minimum absolute atomic E-state index is 0.0150. The van der Waals surface area contributed by atoms with Crippen LogP contribution in [0.1, 0.15) is 72.1 Å². The second-order valence-electron chi connectivity index (χ2n) is 11.9. The molecule has 1 saturated heterocycles. The van der Waals surface area contributed by atoms with Crippen molar-refractivity contribution in [1.29, 1.82) is 0 Å². The summed E-state index contributed by atoms with van der Waals surface area (Å²) in [6.45, 7) is 3.83. The number of likely N-dealkylation sites (tertiary alicyclic amines) is 1. The van der Waals surface area contributed by atoms with Crippen LogP contribution in [0.4, 0.5) is 0 Å². The Bertz CT molecular complexity index is 1430. The summed E-state index contributed by atoms with van der Waals surface area (Å²) in [5, 5.41) is 9.97. The van der Waals surface area contributed by atoms with E-state index < -0.39 is 23.8 Å². The standard InChI is InChI=1S/C32H36BrN3O6/c1-19(37)34-14-12-21(17-34)42-28-11-10-26(33)25-13-15-36(31(39)23-8-4-5-9-24(23)32(40)41)27(29(25)28)18-35-16-20-6-2-3-7-22(20)30(35)38/h2-3,6-7,10-11,21,23-24,27H,4-5,8-9,12-18H2,1H3,(H,40,41)/t21-,23+,24-,27+/m0/s1. The van der Waals surface area contributed by atoms with Gasteiger partial charge in [0.1, 0.15) is 11.9 Å². The molecule has 10 heteroatoms. The zero-order valence-electron chi connectivity index (χ0n) is 23.8. The van der Waals surface area contributed by atoms with Gasteiger partial charge in [0.15, 0.2) is 0 Å². The Balaban J connectivity index is 1.37. The molecule has 1 aliphatic carbocycles. The Hall–Kier alpha value is -3.40. The fraction of sp³-hybridized carbons (Fsp3) is 0.500. The second-order valence-corrected chi connectivity index (χ2v) is 12.8. The summed E-state index contributed by atoms with van der Waals surface area (Å²) >= 11 is 3.72. The van der Waals surface area contributed by atoms with Crippen LogP contribution >= 0.6 is 15.9 Å². The van der Waals surface area contributed by atoms with Gasteiger partial charge in [-0.1, -0.05) is 47.0 Å². The highest BCUT2D eigenvalue weighted by atomic mass is 79.9. The highest BCUT2D eigenvalue weighted by Gasteiger charge is 2.44. The lowest BCUT2D eigenvalue weighted by molar-refractivity contribution is -0.153. The number of ether oxygens (including phenoxy) is 1. The van der Waals surface area contributed by atoms with Crippen LogP contribution in [0.2, 0.25) is 0 Å². The zero-order valence-corrected chi connectivity index (χ0v) is 25.3. The molecule has 3 amide bonds. The average molecular weight is 639 g/mol. The number of carboxylic acids is 1. The van der Waals surface area contributed by atoms with Crippen molar-refractivity contribution in [2.45, 2.75) is 64.1 Å². The van der Waals surface area contributed by atoms with Gasteiger partial charge in [0, 0.05) is 55.1 Å². The van der Waals surface area contributed by atoms with Gasteiger partial charge < -0.3 is 24.5 Å². The average Bonchev–Trinajstić information content (AvgIpc) is 3.59. The Kier molecular flexibility index (Phi) is 8.00. The maximum atomic E-state index is 14.3. The van der Waals surface area contributed by atoms with Gasteiger partial charge in [-0.2, -0.15) is 0 Å². The van der Waals surface area contributed by atoms with Crippen LogP contribution in [-0.2, 0) is 27.3 Å². The van der Waals surface area contributed by atoms with E-state index >= 15 is 0 Å². The first-order chi connectivity index (χ1) is 20.2. The van der Waals surface area contributed by atoms with Crippen molar-refractivity contribution in [3.05, 3.63) is 63.1 Å². The number of nitrogens with zero attached hydrogens (tertiary/aromatic N) is 3. The molecule has 1 N–H and O–H groups in total. The van der Waals surface area contributed by atoms with Gasteiger partial charge >= 0.3 is 5.97 Å². The van der Waals surface area contributed by atoms with Crippen molar-refractivity contribution in [3.63, 3.8) is 0 Å². The van der Waals surface area contributed by atoms with Crippen LogP contribution in [-0.4, -0.2) is 75.8 Å². The molecule has 2 fully saturated rings. The first-order valence-electron chi connectivity index (χ1n) is 14.9. The van der Waals surface area contributed by atoms with Gasteiger partial charge in [0.2, 0.25) is 11.8 Å². The molecular formula is C32H36BrN3O6. The molecule has 9 nitrogen and oxygen atoms in total. The van der Waals surface area contributed by atoms with Crippen molar-refractivity contribution in [1.82, 2.24) is 14.7 Å². The minimum Gasteiger partial charge on any atom is -0.488 e. The van der Waals surface area contributed by atoms with Crippen molar-refractivity contribution >= 4 is 39.6 Å². The van der Waals surface area contributed by atoms with Crippen molar-refractivity contribution < 1.29 is 29.0 Å². The third-order valence-electron chi connectivity index (χ3n) is 9.43. The topological polar surface area (TPSA) is 107 Å². The Morgan fingerprint density at radius 1 is 1.02 bits per heavy atom. The first-order valence-corrected chi connectivity index (χ1v) is 15.7. The number of hydrogen-bond donors (Lipinski definition) is 1. The van der Waals surface area contributed by atoms with E-state index in [9.17, 15) is 24.3 Å². The van der Waals surface area contributed by atoms with Gasteiger partial charge in [-0.3, -0.25) is 19.2 Å². The molecule has 1 saturated carbocycles. The second kappa shape index (κ2) is 11.7. The van der Waals surface area contributed by atoms with Crippen LogP contribution in [0.5, 0.6) is 5.75 Å². The number of aliphatic carboxylic acids is 1. The van der Waals surface area contributed by atoms with Gasteiger partial charge in [0.05, 0.1) is 24.4 Å². The maximum Gasteiger partial charge on any atom is 0.307 e. The van der Waals surface area contributed by atoms with E-state index in [2.05, 4.69) is 15.9 Å². The van der Waals surface area contributed by atoms with Gasteiger partial charge in [-0.25, -0.2) is 0 Å². The molecule has 2 aromatic carbocycles. The van der Waals surface area contributed by atoms with Crippen LogP contribution in [0.25, 0.3) is 0 Å². The number of carbonyl (C=O) groups is 4. The third-order valence-corrected chi connectivity index (χ3v) is 10.2. The SMILES string of the molecule is CC(=O)N1CC[C@H](Oc2ccc(Br)c3c2[C@@H](CN2Cc4ccccc4C2=O)N(C(=O)[C@@H]2CCCC[C@@H]2C(=O)O)CC3)C1. The van der Waals surface area contributed by atoms with Crippen molar-refractivity contribution in [2.24, 2.45) is 11.8 Å². The number of hydrogen-bond acceptors (Lipinski definition) is 5. The quantitative estimate of drug-likeness (QED) is 0.502. The predicted molar refractivity (Wildman–Crippen MR) is 158 cm³/mol. The summed E-state index contributed by atoms with van der Waals surface area (Å²) in [6.07, 6.45) is 3.77. The minimum atomic E-state index is -0.921. The lowest BCUT2D eigenvalue weighted by Gasteiger charge is -2.43. The molecule has 0 spiro atoms. The van der Waals surface area contributed by atoms with E-state index in [0.717, 1.165) is 34.0 Å².